The molecular weight excluding hydrogens is 342 g/mol. The molecule has 1 amide bonds. The monoisotopic (exact) mass is 365 g/mol. The minimum atomic E-state index is -0.113. The van der Waals surface area contributed by atoms with Gasteiger partial charge in [-0.25, -0.2) is 4.98 Å². The molecule has 1 N–H and O–H groups in total. The van der Waals surface area contributed by atoms with Crippen molar-refractivity contribution in [3.63, 3.8) is 0 Å². The number of aromatic nitrogens is 2. The number of carbonyl (C=O) groups is 1. The summed E-state index contributed by atoms with van der Waals surface area (Å²) in [5.74, 6) is 0.415. The lowest BCUT2D eigenvalue weighted by Crippen LogP contribution is -2.39. The quantitative estimate of drug-likeness (QED) is 0.665. The summed E-state index contributed by atoms with van der Waals surface area (Å²) < 4.78 is 0. The number of H-pyrrole nitrogens is 1. The molecule has 0 aliphatic heterocycles. The van der Waals surface area contributed by atoms with Crippen molar-refractivity contribution < 1.29 is 4.79 Å². The zero-order valence-electron chi connectivity index (χ0n) is 14.3. The number of hydrogen-bond donors (Lipinski definition) is 1. The standard InChI is InChI=1S/C17H23N3O2S2/c1-10-11(2)24-16-14(10)15(22)18-17(19-16)23-9-13(21)20(3)12-7-5-4-6-8-12/h12H,4-9H2,1-3H3,(H,18,19,22). The van der Waals surface area contributed by atoms with Crippen LogP contribution in [0.5, 0.6) is 0 Å². The van der Waals surface area contributed by atoms with Crippen LogP contribution < -0.4 is 5.56 Å². The zero-order valence-corrected chi connectivity index (χ0v) is 16.0. The van der Waals surface area contributed by atoms with Gasteiger partial charge in [0.15, 0.2) is 5.16 Å². The van der Waals surface area contributed by atoms with E-state index >= 15 is 0 Å². The Morgan fingerprint density at radius 2 is 2.04 bits per heavy atom. The van der Waals surface area contributed by atoms with Crippen LogP contribution in [0.1, 0.15) is 42.5 Å². The van der Waals surface area contributed by atoms with Crippen molar-refractivity contribution in [1.82, 2.24) is 14.9 Å². The molecule has 7 heteroatoms. The topological polar surface area (TPSA) is 66.1 Å². The molecule has 2 aromatic heterocycles. The van der Waals surface area contributed by atoms with Gasteiger partial charge >= 0.3 is 0 Å². The summed E-state index contributed by atoms with van der Waals surface area (Å²) in [4.78, 5) is 35.7. The molecule has 2 heterocycles. The molecule has 0 bridgehead atoms. The fourth-order valence-corrected chi connectivity index (χ4v) is 5.08. The van der Waals surface area contributed by atoms with Crippen LogP contribution in [-0.2, 0) is 4.79 Å². The van der Waals surface area contributed by atoms with Gasteiger partial charge in [0, 0.05) is 18.0 Å². The molecule has 0 radical (unpaired) electrons. The second kappa shape index (κ2) is 7.27. The molecule has 0 aromatic carbocycles. The number of thiophene rings is 1. The van der Waals surface area contributed by atoms with Crippen molar-refractivity contribution >= 4 is 39.2 Å². The lowest BCUT2D eigenvalue weighted by molar-refractivity contribution is -0.129. The van der Waals surface area contributed by atoms with Gasteiger partial charge in [-0.3, -0.25) is 9.59 Å². The molecule has 1 fully saturated rings. The Morgan fingerprint density at radius 1 is 1.33 bits per heavy atom. The van der Waals surface area contributed by atoms with Crippen molar-refractivity contribution in [1.29, 1.82) is 0 Å². The van der Waals surface area contributed by atoms with Crippen LogP contribution in [0.2, 0.25) is 0 Å². The average molecular weight is 366 g/mol. The number of aryl methyl sites for hydroxylation is 2. The summed E-state index contributed by atoms with van der Waals surface area (Å²) in [5.41, 5.74) is 0.880. The number of thioether (sulfide) groups is 1. The Morgan fingerprint density at radius 3 is 2.75 bits per heavy atom. The summed E-state index contributed by atoms with van der Waals surface area (Å²) >= 11 is 2.84. The van der Waals surface area contributed by atoms with E-state index in [2.05, 4.69) is 9.97 Å². The van der Waals surface area contributed by atoms with Crippen LogP contribution in [0.3, 0.4) is 0 Å². The van der Waals surface area contributed by atoms with Gasteiger partial charge in [-0.05, 0) is 32.3 Å². The first kappa shape index (κ1) is 17.5. The van der Waals surface area contributed by atoms with Crippen molar-refractivity contribution in [2.24, 2.45) is 0 Å². The summed E-state index contributed by atoms with van der Waals surface area (Å²) in [7, 11) is 1.89. The summed E-state index contributed by atoms with van der Waals surface area (Å²) in [5, 5.41) is 1.20. The second-order valence-electron chi connectivity index (χ2n) is 6.42. The molecule has 2 aromatic rings. The summed E-state index contributed by atoms with van der Waals surface area (Å²) in [6, 6.07) is 0.365. The average Bonchev–Trinajstić information content (AvgIpc) is 2.87. The van der Waals surface area contributed by atoms with Crippen molar-refractivity contribution in [3.05, 3.63) is 20.8 Å². The minimum absolute atomic E-state index is 0.105. The Hall–Kier alpha value is -1.34. The molecule has 1 aliphatic carbocycles. The van der Waals surface area contributed by atoms with E-state index in [1.54, 1.807) is 0 Å². The molecule has 24 heavy (non-hydrogen) atoms. The van der Waals surface area contributed by atoms with E-state index < -0.39 is 0 Å². The summed E-state index contributed by atoms with van der Waals surface area (Å²) in [6.07, 6.45) is 5.89. The SMILES string of the molecule is Cc1sc2nc(SCC(=O)N(C)C3CCCCC3)[nH]c(=O)c2c1C. The minimum Gasteiger partial charge on any atom is -0.342 e. The third-order valence-electron chi connectivity index (χ3n) is 4.87. The predicted octanol–water partition coefficient (Wildman–Crippen LogP) is 3.48. The van der Waals surface area contributed by atoms with Gasteiger partial charge in [-0.15, -0.1) is 11.3 Å². The Labute approximate surface area is 149 Å². The highest BCUT2D eigenvalue weighted by Gasteiger charge is 2.22. The molecule has 0 unspecified atom stereocenters. The molecule has 0 spiro atoms. The number of nitrogens with one attached hydrogen (secondary N) is 1. The Bertz CT molecular complexity index is 806. The van der Waals surface area contributed by atoms with Crippen LogP contribution >= 0.6 is 23.1 Å². The molecular formula is C17H23N3O2S2. The number of fused-ring (bicyclic) bond motifs is 1. The number of carbonyl (C=O) groups excluding carboxylic acids is 1. The number of aromatic amines is 1. The van der Waals surface area contributed by atoms with Crippen LogP contribution in [0, 0.1) is 13.8 Å². The lowest BCUT2D eigenvalue weighted by Gasteiger charge is -2.31. The molecule has 1 saturated carbocycles. The normalized spacial score (nSPS) is 15.8. The number of rotatable bonds is 4. The van der Waals surface area contributed by atoms with Crippen LogP contribution in [0.25, 0.3) is 10.2 Å². The molecule has 0 saturated heterocycles. The number of nitrogens with zero attached hydrogens (tertiary/aromatic N) is 2. The fourth-order valence-electron chi connectivity index (χ4n) is 3.21. The largest absolute Gasteiger partial charge is 0.342 e. The van der Waals surface area contributed by atoms with Gasteiger partial charge in [-0.2, -0.15) is 0 Å². The van der Waals surface area contributed by atoms with Gasteiger partial charge in [0.05, 0.1) is 11.1 Å². The summed E-state index contributed by atoms with van der Waals surface area (Å²) in [6.45, 7) is 3.94. The third-order valence-corrected chi connectivity index (χ3v) is 6.82. The van der Waals surface area contributed by atoms with Crippen LogP contribution in [-0.4, -0.2) is 39.6 Å². The molecule has 5 nitrogen and oxygen atoms in total. The van der Waals surface area contributed by atoms with Crippen LogP contribution in [0.15, 0.2) is 9.95 Å². The van der Waals surface area contributed by atoms with Gasteiger partial charge in [0.25, 0.3) is 5.56 Å². The van der Waals surface area contributed by atoms with Crippen molar-refractivity contribution in [3.8, 4) is 0 Å². The van der Waals surface area contributed by atoms with E-state index in [1.165, 1.54) is 42.4 Å². The molecule has 0 atom stereocenters. The van der Waals surface area contributed by atoms with Crippen molar-refractivity contribution in [2.75, 3.05) is 12.8 Å². The van der Waals surface area contributed by atoms with E-state index in [-0.39, 0.29) is 11.5 Å². The predicted molar refractivity (Wildman–Crippen MR) is 100 cm³/mol. The van der Waals surface area contributed by atoms with Gasteiger partial charge in [-0.1, -0.05) is 31.0 Å². The smallest absolute Gasteiger partial charge is 0.260 e. The highest BCUT2D eigenvalue weighted by Crippen LogP contribution is 2.27. The number of amides is 1. The third kappa shape index (κ3) is 3.52. The Balaban J connectivity index is 1.69. The van der Waals surface area contributed by atoms with E-state index in [4.69, 9.17) is 0 Å². The maximum Gasteiger partial charge on any atom is 0.260 e. The van der Waals surface area contributed by atoms with Gasteiger partial charge in [0.2, 0.25) is 5.91 Å². The highest BCUT2D eigenvalue weighted by molar-refractivity contribution is 7.99. The maximum atomic E-state index is 12.4. The Kier molecular flexibility index (Phi) is 5.30. The van der Waals surface area contributed by atoms with E-state index in [1.807, 2.05) is 25.8 Å². The van der Waals surface area contributed by atoms with E-state index in [9.17, 15) is 9.59 Å². The zero-order chi connectivity index (χ0) is 17.3. The van der Waals surface area contributed by atoms with Crippen LogP contribution in [0.4, 0.5) is 0 Å². The van der Waals surface area contributed by atoms with E-state index in [0.29, 0.717) is 22.3 Å². The highest BCUT2D eigenvalue weighted by atomic mass is 32.2. The maximum absolute atomic E-state index is 12.4. The first-order valence-electron chi connectivity index (χ1n) is 8.36. The fraction of sp³-hybridized carbons (Fsp3) is 0.588. The second-order valence-corrected chi connectivity index (χ2v) is 8.59. The van der Waals surface area contributed by atoms with Gasteiger partial charge in [0.1, 0.15) is 4.83 Å². The first-order valence-corrected chi connectivity index (χ1v) is 10.2. The van der Waals surface area contributed by atoms with Gasteiger partial charge < -0.3 is 9.88 Å². The van der Waals surface area contributed by atoms with E-state index in [0.717, 1.165) is 28.1 Å². The number of hydrogen-bond acceptors (Lipinski definition) is 5. The molecule has 3 rings (SSSR count). The first-order chi connectivity index (χ1) is 11.5. The molecule has 130 valence electrons. The molecule has 1 aliphatic rings. The lowest BCUT2D eigenvalue weighted by atomic mass is 9.94. The van der Waals surface area contributed by atoms with Crippen molar-refractivity contribution in [2.45, 2.75) is 57.1 Å².